The molecule has 2 heterocycles. The Labute approximate surface area is 183 Å². The summed E-state index contributed by atoms with van der Waals surface area (Å²) in [6.45, 7) is 0.710. The summed E-state index contributed by atoms with van der Waals surface area (Å²) in [6, 6.07) is 9.40. The van der Waals surface area contributed by atoms with Crippen molar-refractivity contribution in [2.24, 2.45) is 0 Å². The van der Waals surface area contributed by atoms with Crippen LogP contribution in [0.25, 0.3) is 0 Å². The van der Waals surface area contributed by atoms with Crippen LogP contribution in [0, 0.1) is 0 Å². The van der Waals surface area contributed by atoms with Crippen LogP contribution in [0.5, 0.6) is 0 Å². The minimum atomic E-state index is -3.73. The van der Waals surface area contributed by atoms with Gasteiger partial charge in [-0.2, -0.15) is 4.31 Å². The van der Waals surface area contributed by atoms with Gasteiger partial charge in [-0.3, -0.25) is 4.90 Å². The van der Waals surface area contributed by atoms with Gasteiger partial charge < -0.3 is 4.74 Å². The van der Waals surface area contributed by atoms with Crippen molar-refractivity contribution in [3.05, 3.63) is 57.0 Å². The second kappa shape index (κ2) is 7.96. The highest BCUT2D eigenvalue weighted by atomic mass is 35.5. The van der Waals surface area contributed by atoms with E-state index in [1.165, 1.54) is 22.5 Å². The molecule has 0 aliphatic carbocycles. The molecule has 0 saturated carbocycles. The first-order valence-corrected chi connectivity index (χ1v) is 11.5. The van der Waals surface area contributed by atoms with Gasteiger partial charge in [0.05, 0.1) is 10.6 Å². The number of sulfonamides is 1. The molecule has 0 spiro atoms. The second-order valence-electron chi connectivity index (χ2n) is 6.94. The zero-order valence-electron chi connectivity index (χ0n) is 15.1. The Morgan fingerprint density at radius 3 is 2.24 bits per heavy atom. The maximum atomic E-state index is 13.0. The minimum absolute atomic E-state index is 0.0609. The van der Waals surface area contributed by atoms with Crippen molar-refractivity contribution in [2.75, 3.05) is 18.0 Å². The minimum Gasteiger partial charge on any atom is -0.444 e. The van der Waals surface area contributed by atoms with Crippen molar-refractivity contribution in [3.63, 3.8) is 0 Å². The van der Waals surface area contributed by atoms with Gasteiger partial charge in [0.15, 0.2) is 0 Å². The third-order valence-electron chi connectivity index (χ3n) is 5.11. The Morgan fingerprint density at radius 2 is 1.59 bits per heavy atom. The number of carbonyl (C=O) groups excluding carboxylic acids is 1. The van der Waals surface area contributed by atoms with Gasteiger partial charge in [-0.05, 0) is 49.2 Å². The zero-order valence-corrected chi connectivity index (χ0v) is 18.2. The van der Waals surface area contributed by atoms with Gasteiger partial charge in [0, 0.05) is 39.8 Å². The Bertz CT molecular complexity index is 1050. The van der Waals surface area contributed by atoms with Gasteiger partial charge >= 0.3 is 6.09 Å². The molecule has 0 aromatic heterocycles. The van der Waals surface area contributed by atoms with Crippen LogP contribution in [0.4, 0.5) is 10.5 Å². The molecular weight excluding hydrogens is 459 g/mol. The average molecular weight is 476 g/mol. The number of hydrogen-bond donors (Lipinski definition) is 0. The number of nitrogens with zero attached hydrogens (tertiary/aromatic N) is 2. The molecule has 0 unspecified atom stereocenters. The van der Waals surface area contributed by atoms with Crippen LogP contribution in [0.2, 0.25) is 15.1 Å². The van der Waals surface area contributed by atoms with E-state index >= 15 is 0 Å². The molecule has 2 aliphatic rings. The molecule has 2 aliphatic heterocycles. The molecule has 6 nitrogen and oxygen atoms in total. The van der Waals surface area contributed by atoms with Crippen LogP contribution in [-0.4, -0.2) is 37.9 Å². The van der Waals surface area contributed by atoms with Gasteiger partial charge in [-0.1, -0.05) is 34.8 Å². The maximum Gasteiger partial charge on any atom is 0.414 e. The molecule has 0 N–H and O–H groups in total. The van der Waals surface area contributed by atoms with E-state index in [1.807, 2.05) is 0 Å². The number of amides is 1. The smallest absolute Gasteiger partial charge is 0.414 e. The summed E-state index contributed by atoms with van der Waals surface area (Å²) in [6.07, 6.45) is 0.526. The summed E-state index contributed by atoms with van der Waals surface area (Å²) in [5.74, 6) is 0. The summed E-state index contributed by atoms with van der Waals surface area (Å²) in [4.78, 5) is 14.1. The topological polar surface area (TPSA) is 66.9 Å². The number of piperidine rings is 1. The molecule has 2 aromatic carbocycles. The average Bonchev–Trinajstić information content (AvgIpc) is 2.67. The Kier molecular flexibility index (Phi) is 5.70. The molecule has 29 heavy (non-hydrogen) atoms. The zero-order chi connectivity index (χ0) is 20.8. The molecule has 1 fully saturated rings. The third-order valence-corrected chi connectivity index (χ3v) is 7.66. The SMILES string of the molecule is O=C1OCc2cc(Cl)ccc2N1C1CCN(S(=O)(=O)c2cc(Cl)cc(Cl)c2)CC1. The summed E-state index contributed by atoms with van der Waals surface area (Å²) in [5, 5.41) is 1.09. The fourth-order valence-electron chi connectivity index (χ4n) is 3.73. The van der Waals surface area contributed by atoms with Crippen LogP contribution < -0.4 is 4.90 Å². The van der Waals surface area contributed by atoms with E-state index in [4.69, 9.17) is 39.5 Å². The standard InChI is InChI=1S/C19H17Cl3N2O4S/c20-13-1-2-18-12(7-13)11-28-19(25)24(18)16-3-5-23(6-4-16)29(26,27)17-9-14(21)8-15(22)10-17/h1-2,7-10,16H,3-6,11H2. The lowest BCUT2D eigenvalue weighted by atomic mass is 10.0. The highest BCUT2D eigenvalue weighted by Crippen LogP contribution is 2.34. The van der Waals surface area contributed by atoms with Crippen molar-refractivity contribution in [1.82, 2.24) is 4.31 Å². The first-order valence-electron chi connectivity index (χ1n) is 8.96. The second-order valence-corrected chi connectivity index (χ2v) is 10.2. The molecule has 4 rings (SSSR count). The predicted octanol–water partition coefficient (Wildman–Crippen LogP) is 4.96. The van der Waals surface area contributed by atoms with Crippen molar-refractivity contribution in [1.29, 1.82) is 0 Å². The van der Waals surface area contributed by atoms with E-state index in [2.05, 4.69) is 0 Å². The molecule has 154 valence electrons. The quantitative estimate of drug-likeness (QED) is 0.629. The van der Waals surface area contributed by atoms with Crippen molar-refractivity contribution >= 4 is 56.6 Å². The Hall–Kier alpha value is -1.51. The van der Waals surface area contributed by atoms with Gasteiger partial charge in [-0.15, -0.1) is 0 Å². The van der Waals surface area contributed by atoms with Crippen molar-refractivity contribution < 1.29 is 17.9 Å². The van der Waals surface area contributed by atoms with Gasteiger partial charge in [-0.25, -0.2) is 13.2 Å². The van der Waals surface area contributed by atoms with Crippen LogP contribution >= 0.6 is 34.8 Å². The van der Waals surface area contributed by atoms with Gasteiger partial charge in [0.2, 0.25) is 10.0 Å². The molecule has 1 amide bonds. The molecule has 0 radical (unpaired) electrons. The lowest BCUT2D eigenvalue weighted by Crippen LogP contribution is -2.50. The van der Waals surface area contributed by atoms with E-state index < -0.39 is 16.1 Å². The lowest BCUT2D eigenvalue weighted by Gasteiger charge is -2.39. The lowest BCUT2D eigenvalue weighted by molar-refractivity contribution is 0.136. The Balaban J connectivity index is 1.53. The molecular formula is C19H17Cl3N2O4S. The van der Waals surface area contributed by atoms with E-state index in [0.29, 0.717) is 17.9 Å². The number of cyclic esters (lactones) is 1. The van der Waals surface area contributed by atoms with Gasteiger partial charge in [0.25, 0.3) is 0 Å². The Morgan fingerprint density at radius 1 is 0.931 bits per heavy atom. The number of hydrogen-bond acceptors (Lipinski definition) is 4. The van der Waals surface area contributed by atoms with Crippen molar-refractivity contribution in [3.8, 4) is 0 Å². The van der Waals surface area contributed by atoms with E-state index in [1.54, 1.807) is 23.1 Å². The van der Waals surface area contributed by atoms with E-state index in [9.17, 15) is 13.2 Å². The van der Waals surface area contributed by atoms with Crippen molar-refractivity contribution in [2.45, 2.75) is 30.4 Å². The number of halogens is 3. The monoisotopic (exact) mass is 474 g/mol. The normalized spacial score (nSPS) is 18.4. The van der Waals surface area contributed by atoms with Crippen LogP contribution in [-0.2, 0) is 21.4 Å². The van der Waals surface area contributed by atoms with Crippen LogP contribution in [0.3, 0.4) is 0 Å². The molecule has 1 saturated heterocycles. The number of fused-ring (bicyclic) bond motifs is 1. The predicted molar refractivity (Wildman–Crippen MR) is 112 cm³/mol. The number of anilines is 1. The highest BCUT2D eigenvalue weighted by Gasteiger charge is 2.37. The summed E-state index contributed by atoms with van der Waals surface area (Å²) in [5.41, 5.74) is 1.59. The molecule has 0 atom stereocenters. The summed E-state index contributed by atoms with van der Waals surface area (Å²) >= 11 is 18.0. The number of carbonyl (C=O) groups is 1. The number of ether oxygens (including phenoxy) is 1. The third kappa shape index (κ3) is 4.07. The number of benzene rings is 2. The van der Waals surface area contributed by atoms with E-state index in [-0.39, 0.29) is 40.7 Å². The van der Waals surface area contributed by atoms with E-state index in [0.717, 1.165) is 11.3 Å². The first-order chi connectivity index (χ1) is 13.8. The fourth-order valence-corrected chi connectivity index (χ4v) is 6.12. The molecule has 2 aromatic rings. The first kappa shape index (κ1) is 20.8. The molecule has 0 bridgehead atoms. The molecule has 10 heteroatoms. The van der Waals surface area contributed by atoms with Crippen LogP contribution in [0.15, 0.2) is 41.3 Å². The van der Waals surface area contributed by atoms with Gasteiger partial charge in [0.1, 0.15) is 6.61 Å². The highest BCUT2D eigenvalue weighted by molar-refractivity contribution is 7.89. The fraction of sp³-hybridized carbons (Fsp3) is 0.316. The maximum absolute atomic E-state index is 13.0. The summed E-state index contributed by atoms with van der Waals surface area (Å²) < 4.78 is 32.6. The largest absolute Gasteiger partial charge is 0.444 e. The summed E-state index contributed by atoms with van der Waals surface area (Å²) in [7, 11) is -3.73. The number of rotatable bonds is 3. The van der Waals surface area contributed by atoms with Crippen LogP contribution in [0.1, 0.15) is 18.4 Å².